The maximum Gasteiger partial charge on any atom is 0.274 e. The van der Waals surface area contributed by atoms with Crippen molar-refractivity contribution in [2.75, 3.05) is 10.6 Å². The lowest BCUT2D eigenvalue weighted by molar-refractivity contribution is 0.102. The summed E-state index contributed by atoms with van der Waals surface area (Å²) >= 11 is 0. The average molecular weight is 322 g/mol. The summed E-state index contributed by atoms with van der Waals surface area (Å²) in [6.45, 7) is 4.42. The van der Waals surface area contributed by atoms with Crippen LogP contribution in [0.1, 0.15) is 27.4 Å². The molecule has 3 aromatic rings. The number of rotatable bonds is 5. The van der Waals surface area contributed by atoms with E-state index < -0.39 is 0 Å². The molecule has 0 aliphatic carbocycles. The topological polar surface area (TPSA) is 80.0 Å². The highest BCUT2D eigenvalue weighted by molar-refractivity contribution is 6.03. The van der Waals surface area contributed by atoms with E-state index in [-0.39, 0.29) is 5.91 Å². The SMILES string of the molecule is Cc1ccc(NC(=O)c2ccnc(NCc3ccco3)n2)c(C)c1. The minimum Gasteiger partial charge on any atom is -0.467 e. The highest BCUT2D eigenvalue weighted by Crippen LogP contribution is 2.17. The van der Waals surface area contributed by atoms with Crippen molar-refractivity contribution in [3.05, 3.63) is 71.4 Å². The normalized spacial score (nSPS) is 10.4. The predicted octanol–water partition coefficient (Wildman–Crippen LogP) is 3.55. The maximum atomic E-state index is 12.4. The van der Waals surface area contributed by atoms with Crippen molar-refractivity contribution in [1.82, 2.24) is 9.97 Å². The molecule has 0 saturated heterocycles. The number of anilines is 2. The third kappa shape index (κ3) is 3.78. The second-order valence-electron chi connectivity index (χ2n) is 5.47. The van der Waals surface area contributed by atoms with Gasteiger partial charge in [0.1, 0.15) is 11.5 Å². The fraction of sp³-hybridized carbons (Fsp3) is 0.167. The zero-order chi connectivity index (χ0) is 16.9. The van der Waals surface area contributed by atoms with Crippen LogP contribution in [0.15, 0.2) is 53.3 Å². The van der Waals surface area contributed by atoms with Crippen LogP contribution < -0.4 is 10.6 Å². The summed E-state index contributed by atoms with van der Waals surface area (Å²) in [6.07, 6.45) is 3.15. The Bertz CT molecular complexity index is 844. The zero-order valence-electron chi connectivity index (χ0n) is 13.5. The first-order valence-electron chi connectivity index (χ1n) is 7.60. The van der Waals surface area contributed by atoms with Gasteiger partial charge >= 0.3 is 0 Å². The lowest BCUT2D eigenvalue weighted by Crippen LogP contribution is -2.16. The largest absolute Gasteiger partial charge is 0.467 e. The third-order valence-electron chi connectivity index (χ3n) is 3.52. The molecule has 24 heavy (non-hydrogen) atoms. The standard InChI is InChI=1S/C18H18N4O2/c1-12-5-6-15(13(2)10-12)21-17(23)16-7-8-19-18(22-16)20-11-14-4-3-9-24-14/h3-10H,11H2,1-2H3,(H,21,23)(H,19,20,22). The van der Waals surface area contributed by atoms with Gasteiger partial charge in [0.2, 0.25) is 5.95 Å². The van der Waals surface area contributed by atoms with E-state index >= 15 is 0 Å². The lowest BCUT2D eigenvalue weighted by Gasteiger charge is -2.09. The Morgan fingerprint density at radius 2 is 2.08 bits per heavy atom. The Kier molecular flexibility index (Phi) is 4.56. The van der Waals surface area contributed by atoms with E-state index in [4.69, 9.17) is 4.42 Å². The molecule has 6 nitrogen and oxygen atoms in total. The van der Waals surface area contributed by atoms with Crippen molar-refractivity contribution in [2.45, 2.75) is 20.4 Å². The second kappa shape index (κ2) is 6.95. The lowest BCUT2D eigenvalue weighted by atomic mass is 10.1. The van der Waals surface area contributed by atoms with Gasteiger partial charge in [-0.3, -0.25) is 4.79 Å². The molecule has 0 bridgehead atoms. The molecule has 2 aromatic heterocycles. The summed E-state index contributed by atoms with van der Waals surface area (Å²) in [6, 6.07) is 11.1. The van der Waals surface area contributed by atoms with Crippen LogP contribution in [0.4, 0.5) is 11.6 Å². The van der Waals surface area contributed by atoms with Crippen molar-refractivity contribution in [2.24, 2.45) is 0 Å². The van der Waals surface area contributed by atoms with Crippen LogP contribution in [0, 0.1) is 13.8 Å². The minimum atomic E-state index is -0.273. The number of furan rings is 1. The summed E-state index contributed by atoms with van der Waals surface area (Å²) < 4.78 is 5.24. The summed E-state index contributed by atoms with van der Waals surface area (Å²) in [5.74, 6) is 0.869. The molecule has 3 rings (SSSR count). The van der Waals surface area contributed by atoms with Crippen LogP contribution in [0.25, 0.3) is 0 Å². The predicted molar refractivity (Wildman–Crippen MR) is 91.9 cm³/mol. The number of nitrogens with one attached hydrogen (secondary N) is 2. The van der Waals surface area contributed by atoms with Gasteiger partial charge in [-0.2, -0.15) is 0 Å². The molecule has 2 heterocycles. The number of nitrogens with zero attached hydrogens (tertiary/aromatic N) is 2. The molecule has 2 N–H and O–H groups in total. The van der Waals surface area contributed by atoms with Crippen molar-refractivity contribution < 1.29 is 9.21 Å². The van der Waals surface area contributed by atoms with Gasteiger partial charge < -0.3 is 15.1 Å². The molecule has 0 spiro atoms. The highest BCUT2D eigenvalue weighted by Gasteiger charge is 2.11. The van der Waals surface area contributed by atoms with Crippen LogP contribution in [0.2, 0.25) is 0 Å². The summed E-state index contributed by atoms with van der Waals surface area (Å²) in [4.78, 5) is 20.7. The van der Waals surface area contributed by atoms with Gasteiger partial charge in [0.25, 0.3) is 5.91 Å². The smallest absolute Gasteiger partial charge is 0.274 e. The van der Waals surface area contributed by atoms with E-state index in [1.54, 1.807) is 18.5 Å². The van der Waals surface area contributed by atoms with Crippen LogP contribution in [-0.2, 0) is 6.54 Å². The number of carbonyl (C=O) groups excluding carboxylic acids is 1. The van der Waals surface area contributed by atoms with Gasteiger partial charge in [-0.1, -0.05) is 17.7 Å². The monoisotopic (exact) mass is 322 g/mol. The molecule has 1 amide bonds. The molecule has 0 saturated carbocycles. The molecule has 0 fully saturated rings. The Balaban J connectivity index is 1.69. The van der Waals surface area contributed by atoms with E-state index in [9.17, 15) is 4.79 Å². The Hall–Kier alpha value is -3.15. The Morgan fingerprint density at radius 3 is 2.83 bits per heavy atom. The molecular formula is C18H18N4O2. The second-order valence-corrected chi connectivity index (χ2v) is 5.47. The third-order valence-corrected chi connectivity index (χ3v) is 3.52. The number of aryl methyl sites for hydroxylation is 2. The van der Waals surface area contributed by atoms with Crippen LogP contribution >= 0.6 is 0 Å². The quantitative estimate of drug-likeness (QED) is 0.751. The van der Waals surface area contributed by atoms with Crippen LogP contribution in [0.5, 0.6) is 0 Å². The molecule has 0 unspecified atom stereocenters. The maximum absolute atomic E-state index is 12.4. The average Bonchev–Trinajstić information content (AvgIpc) is 3.09. The minimum absolute atomic E-state index is 0.273. The molecule has 0 aliphatic heterocycles. The molecule has 0 radical (unpaired) electrons. The van der Waals surface area contributed by atoms with E-state index in [0.29, 0.717) is 18.2 Å². The van der Waals surface area contributed by atoms with Gasteiger partial charge in [0.15, 0.2) is 0 Å². The molecule has 122 valence electrons. The van der Waals surface area contributed by atoms with Gasteiger partial charge in [-0.05, 0) is 43.7 Å². The first-order valence-corrected chi connectivity index (χ1v) is 7.60. The van der Waals surface area contributed by atoms with Crippen molar-refractivity contribution in [3.8, 4) is 0 Å². The van der Waals surface area contributed by atoms with Gasteiger partial charge in [0.05, 0.1) is 12.8 Å². The molecule has 6 heteroatoms. The van der Waals surface area contributed by atoms with E-state index in [1.807, 2.05) is 44.2 Å². The number of hydrogen-bond donors (Lipinski definition) is 2. The number of aromatic nitrogens is 2. The van der Waals surface area contributed by atoms with Gasteiger partial charge in [-0.25, -0.2) is 9.97 Å². The fourth-order valence-corrected chi connectivity index (χ4v) is 2.29. The first kappa shape index (κ1) is 15.7. The molecule has 1 aromatic carbocycles. The van der Waals surface area contributed by atoms with Gasteiger partial charge in [0, 0.05) is 11.9 Å². The van der Waals surface area contributed by atoms with Crippen molar-refractivity contribution >= 4 is 17.5 Å². The summed E-state index contributed by atoms with van der Waals surface area (Å²) in [5.41, 5.74) is 3.23. The first-order chi connectivity index (χ1) is 11.6. The van der Waals surface area contributed by atoms with E-state index in [2.05, 4.69) is 20.6 Å². The zero-order valence-corrected chi connectivity index (χ0v) is 13.5. The fourth-order valence-electron chi connectivity index (χ4n) is 2.29. The Labute approximate surface area is 140 Å². The number of carbonyl (C=O) groups is 1. The highest BCUT2D eigenvalue weighted by atomic mass is 16.3. The number of benzene rings is 1. The molecule has 0 aliphatic rings. The van der Waals surface area contributed by atoms with Gasteiger partial charge in [-0.15, -0.1) is 0 Å². The van der Waals surface area contributed by atoms with Crippen molar-refractivity contribution in [3.63, 3.8) is 0 Å². The molecule has 0 atom stereocenters. The van der Waals surface area contributed by atoms with Crippen LogP contribution in [0.3, 0.4) is 0 Å². The van der Waals surface area contributed by atoms with Crippen LogP contribution in [-0.4, -0.2) is 15.9 Å². The summed E-state index contributed by atoms with van der Waals surface area (Å²) in [5, 5.41) is 5.90. The number of hydrogen-bond acceptors (Lipinski definition) is 5. The Morgan fingerprint density at radius 1 is 1.21 bits per heavy atom. The number of amides is 1. The summed E-state index contributed by atoms with van der Waals surface area (Å²) in [7, 11) is 0. The van der Waals surface area contributed by atoms with E-state index in [1.165, 1.54) is 0 Å². The molecular weight excluding hydrogens is 304 g/mol. The van der Waals surface area contributed by atoms with Crippen molar-refractivity contribution in [1.29, 1.82) is 0 Å². The van der Waals surface area contributed by atoms with E-state index in [0.717, 1.165) is 22.6 Å².